The highest BCUT2D eigenvalue weighted by atomic mass is 16.7. The lowest BCUT2D eigenvalue weighted by Gasteiger charge is -2.15. The third-order valence-electron chi connectivity index (χ3n) is 2.85. The first kappa shape index (κ1) is 12.2. The Kier molecular flexibility index (Phi) is 3.89. The fourth-order valence-corrected chi connectivity index (χ4v) is 1.93. The first-order valence-corrected chi connectivity index (χ1v) is 6.27. The Morgan fingerprint density at radius 1 is 1.18 bits per heavy atom. The third-order valence-corrected chi connectivity index (χ3v) is 2.85. The van der Waals surface area contributed by atoms with Crippen LogP contribution in [0.1, 0.15) is 26.3 Å². The standard InChI is InChI=1S/C14H21NO2/c1-10(2)8-15-11(3)6-12-4-5-13-14(7-12)17-9-16-13/h4-5,7,10-11,15H,6,8-9H2,1-3H3. The van der Waals surface area contributed by atoms with Gasteiger partial charge in [0.05, 0.1) is 0 Å². The maximum Gasteiger partial charge on any atom is 0.231 e. The second-order valence-corrected chi connectivity index (χ2v) is 5.09. The zero-order valence-corrected chi connectivity index (χ0v) is 10.8. The Morgan fingerprint density at radius 3 is 2.71 bits per heavy atom. The molecule has 1 atom stereocenters. The van der Waals surface area contributed by atoms with Gasteiger partial charge in [0.15, 0.2) is 11.5 Å². The van der Waals surface area contributed by atoms with Crippen LogP contribution in [0, 0.1) is 5.92 Å². The van der Waals surface area contributed by atoms with Gasteiger partial charge in [-0.1, -0.05) is 19.9 Å². The van der Waals surface area contributed by atoms with E-state index < -0.39 is 0 Å². The van der Waals surface area contributed by atoms with Gasteiger partial charge in [-0.25, -0.2) is 0 Å². The molecule has 0 saturated carbocycles. The largest absolute Gasteiger partial charge is 0.454 e. The summed E-state index contributed by atoms with van der Waals surface area (Å²) >= 11 is 0. The maximum absolute atomic E-state index is 5.38. The number of rotatable bonds is 5. The summed E-state index contributed by atoms with van der Waals surface area (Å²) in [4.78, 5) is 0. The summed E-state index contributed by atoms with van der Waals surface area (Å²) in [5.41, 5.74) is 1.29. The summed E-state index contributed by atoms with van der Waals surface area (Å²) in [6.45, 7) is 8.07. The average molecular weight is 235 g/mol. The van der Waals surface area contributed by atoms with Crippen LogP contribution in [-0.2, 0) is 6.42 Å². The summed E-state index contributed by atoms with van der Waals surface area (Å²) in [6.07, 6.45) is 1.02. The number of ether oxygens (including phenoxy) is 2. The minimum absolute atomic E-state index is 0.347. The van der Waals surface area contributed by atoms with E-state index in [0.29, 0.717) is 18.8 Å². The number of hydrogen-bond donors (Lipinski definition) is 1. The SMILES string of the molecule is CC(C)CNC(C)Cc1ccc2c(c1)OCO2. The van der Waals surface area contributed by atoms with Crippen LogP contribution >= 0.6 is 0 Å². The first-order chi connectivity index (χ1) is 8.15. The van der Waals surface area contributed by atoms with E-state index in [1.807, 2.05) is 6.07 Å². The molecule has 94 valence electrons. The normalized spacial score (nSPS) is 15.3. The van der Waals surface area contributed by atoms with Crippen LogP contribution in [0.15, 0.2) is 18.2 Å². The average Bonchev–Trinajstić information content (AvgIpc) is 2.73. The van der Waals surface area contributed by atoms with Gasteiger partial charge in [0.2, 0.25) is 6.79 Å². The highest BCUT2D eigenvalue weighted by Gasteiger charge is 2.14. The zero-order valence-electron chi connectivity index (χ0n) is 10.8. The molecule has 1 N–H and O–H groups in total. The van der Waals surface area contributed by atoms with E-state index in [2.05, 4.69) is 38.2 Å². The summed E-state index contributed by atoms with van der Waals surface area (Å²) in [5, 5.41) is 3.53. The number of hydrogen-bond acceptors (Lipinski definition) is 3. The molecule has 3 nitrogen and oxygen atoms in total. The zero-order chi connectivity index (χ0) is 12.3. The van der Waals surface area contributed by atoms with E-state index in [9.17, 15) is 0 Å². The molecule has 1 aliphatic rings. The molecule has 1 aromatic carbocycles. The topological polar surface area (TPSA) is 30.5 Å². The Balaban J connectivity index is 1.90. The highest BCUT2D eigenvalue weighted by Crippen LogP contribution is 2.32. The van der Waals surface area contributed by atoms with Gasteiger partial charge < -0.3 is 14.8 Å². The van der Waals surface area contributed by atoms with Crippen molar-refractivity contribution in [3.8, 4) is 11.5 Å². The molecule has 2 rings (SSSR count). The fourth-order valence-electron chi connectivity index (χ4n) is 1.93. The lowest BCUT2D eigenvalue weighted by atomic mass is 10.1. The van der Waals surface area contributed by atoms with Crippen LogP contribution in [0.25, 0.3) is 0 Å². The van der Waals surface area contributed by atoms with Gasteiger partial charge in [-0.3, -0.25) is 0 Å². The smallest absolute Gasteiger partial charge is 0.231 e. The molecule has 1 aromatic rings. The van der Waals surface area contributed by atoms with Crippen molar-refractivity contribution in [3.05, 3.63) is 23.8 Å². The van der Waals surface area contributed by atoms with E-state index in [4.69, 9.17) is 9.47 Å². The van der Waals surface area contributed by atoms with Crippen molar-refractivity contribution in [2.45, 2.75) is 33.2 Å². The number of benzene rings is 1. The van der Waals surface area contributed by atoms with Gasteiger partial charge >= 0.3 is 0 Å². The predicted octanol–water partition coefficient (Wildman–Crippen LogP) is 2.59. The number of fused-ring (bicyclic) bond motifs is 1. The summed E-state index contributed by atoms with van der Waals surface area (Å²) < 4.78 is 10.7. The van der Waals surface area contributed by atoms with Crippen LogP contribution in [0.3, 0.4) is 0 Å². The molecule has 0 bridgehead atoms. The molecule has 1 unspecified atom stereocenters. The quantitative estimate of drug-likeness (QED) is 0.851. The second kappa shape index (κ2) is 5.41. The lowest BCUT2D eigenvalue weighted by Crippen LogP contribution is -2.31. The van der Waals surface area contributed by atoms with E-state index in [-0.39, 0.29) is 0 Å². The first-order valence-electron chi connectivity index (χ1n) is 6.27. The summed E-state index contributed by atoms with van der Waals surface area (Å²) in [5.74, 6) is 2.42. The van der Waals surface area contributed by atoms with Gasteiger partial charge in [-0.05, 0) is 43.5 Å². The van der Waals surface area contributed by atoms with Gasteiger partial charge in [-0.2, -0.15) is 0 Å². The van der Waals surface area contributed by atoms with E-state index >= 15 is 0 Å². The highest BCUT2D eigenvalue weighted by molar-refractivity contribution is 5.44. The predicted molar refractivity (Wildman–Crippen MR) is 68.6 cm³/mol. The van der Waals surface area contributed by atoms with Crippen molar-refractivity contribution < 1.29 is 9.47 Å². The molecular formula is C14H21NO2. The second-order valence-electron chi connectivity index (χ2n) is 5.09. The minimum atomic E-state index is 0.347. The van der Waals surface area contributed by atoms with Crippen LogP contribution in [0.4, 0.5) is 0 Å². The molecule has 3 heteroatoms. The molecule has 0 aromatic heterocycles. The van der Waals surface area contributed by atoms with Gasteiger partial charge in [0, 0.05) is 6.04 Å². The fraction of sp³-hybridized carbons (Fsp3) is 0.571. The number of nitrogens with one attached hydrogen (secondary N) is 1. The summed E-state index contributed by atoms with van der Waals surface area (Å²) in [7, 11) is 0. The minimum Gasteiger partial charge on any atom is -0.454 e. The molecule has 0 amide bonds. The van der Waals surface area contributed by atoms with Crippen molar-refractivity contribution in [1.29, 1.82) is 0 Å². The van der Waals surface area contributed by atoms with Gasteiger partial charge in [0.25, 0.3) is 0 Å². The molecule has 0 aliphatic carbocycles. The van der Waals surface area contributed by atoms with E-state index in [1.165, 1.54) is 5.56 Å². The van der Waals surface area contributed by atoms with E-state index in [1.54, 1.807) is 0 Å². The van der Waals surface area contributed by atoms with Crippen molar-refractivity contribution >= 4 is 0 Å². The van der Waals surface area contributed by atoms with Crippen LogP contribution < -0.4 is 14.8 Å². The molecule has 0 spiro atoms. The molecule has 17 heavy (non-hydrogen) atoms. The Morgan fingerprint density at radius 2 is 1.94 bits per heavy atom. The van der Waals surface area contributed by atoms with Crippen LogP contribution in [0.5, 0.6) is 11.5 Å². The maximum atomic E-state index is 5.38. The lowest BCUT2D eigenvalue weighted by molar-refractivity contribution is 0.174. The van der Waals surface area contributed by atoms with Crippen molar-refractivity contribution in [2.75, 3.05) is 13.3 Å². The molecule has 0 radical (unpaired) electrons. The molecule has 1 heterocycles. The van der Waals surface area contributed by atoms with Crippen molar-refractivity contribution in [3.63, 3.8) is 0 Å². The Labute approximate surface area is 103 Å². The van der Waals surface area contributed by atoms with Crippen LogP contribution in [-0.4, -0.2) is 19.4 Å². The van der Waals surface area contributed by atoms with Crippen LogP contribution in [0.2, 0.25) is 0 Å². The van der Waals surface area contributed by atoms with Gasteiger partial charge in [0.1, 0.15) is 0 Å². The third kappa shape index (κ3) is 3.37. The molecule has 1 aliphatic heterocycles. The van der Waals surface area contributed by atoms with Crippen molar-refractivity contribution in [1.82, 2.24) is 5.32 Å². The molecule has 0 saturated heterocycles. The molecule has 0 fully saturated rings. The van der Waals surface area contributed by atoms with Gasteiger partial charge in [-0.15, -0.1) is 0 Å². The monoisotopic (exact) mass is 235 g/mol. The Hall–Kier alpha value is -1.22. The Bertz CT molecular complexity index is 376. The molecular weight excluding hydrogens is 214 g/mol. The summed E-state index contributed by atoms with van der Waals surface area (Å²) in [6, 6.07) is 6.67. The van der Waals surface area contributed by atoms with Crippen molar-refractivity contribution in [2.24, 2.45) is 5.92 Å². The van der Waals surface area contributed by atoms with E-state index in [0.717, 1.165) is 24.5 Å².